The molecule has 2 heterocycles. The molecule has 1 N–H and O–H groups in total. The van der Waals surface area contributed by atoms with Gasteiger partial charge in [-0.3, -0.25) is 4.98 Å². The van der Waals surface area contributed by atoms with Gasteiger partial charge in [0.25, 0.3) is 0 Å². The number of carbonyl (C=O) groups is 1. The van der Waals surface area contributed by atoms with Gasteiger partial charge in [0.05, 0.1) is 30.0 Å². The summed E-state index contributed by atoms with van der Waals surface area (Å²) in [5.41, 5.74) is 1.36. The highest BCUT2D eigenvalue weighted by Crippen LogP contribution is 2.36. The molecular weight excluding hydrogens is 390 g/mol. The molecule has 0 saturated carbocycles. The largest absolute Gasteiger partial charge is 0.455 e. The standard InChI is InChI=1S/C22H22ClN3O3/c1-14-15(2)28-13-12-26(14)22(27)25-21-18-4-3-11-24-19(18)9-10-20(21)29-17-7-5-16(23)6-8-17/h3-11,14-15H,12-13H2,1-2H3,(H,25,27). The number of hydrogen-bond donors (Lipinski definition) is 1. The molecule has 1 fully saturated rings. The Morgan fingerprint density at radius 1 is 1.21 bits per heavy atom. The lowest BCUT2D eigenvalue weighted by molar-refractivity contribution is -0.0355. The average molecular weight is 412 g/mol. The smallest absolute Gasteiger partial charge is 0.322 e. The van der Waals surface area contributed by atoms with Gasteiger partial charge < -0.3 is 19.7 Å². The molecule has 0 radical (unpaired) electrons. The predicted octanol–water partition coefficient (Wildman–Crippen LogP) is 5.32. The predicted molar refractivity (Wildman–Crippen MR) is 114 cm³/mol. The molecular formula is C22H22ClN3O3. The van der Waals surface area contributed by atoms with Gasteiger partial charge in [0, 0.05) is 23.2 Å². The molecule has 2 aromatic carbocycles. The number of nitrogens with one attached hydrogen (secondary N) is 1. The van der Waals surface area contributed by atoms with Crippen molar-refractivity contribution in [1.82, 2.24) is 9.88 Å². The normalized spacial score (nSPS) is 19.2. The molecule has 150 valence electrons. The molecule has 2 unspecified atom stereocenters. The molecule has 6 nitrogen and oxygen atoms in total. The van der Waals surface area contributed by atoms with Gasteiger partial charge in [-0.1, -0.05) is 11.6 Å². The first kappa shape index (κ1) is 19.5. The number of rotatable bonds is 3. The van der Waals surface area contributed by atoms with E-state index in [1.807, 2.05) is 38.1 Å². The van der Waals surface area contributed by atoms with Crippen molar-refractivity contribution in [3.63, 3.8) is 0 Å². The first-order chi connectivity index (χ1) is 14.0. The van der Waals surface area contributed by atoms with Gasteiger partial charge in [0.2, 0.25) is 0 Å². The molecule has 1 aliphatic heterocycles. The lowest BCUT2D eigenvalue weighted by Gasteiger charge is -2.37. The van der Waals surface area contributed by atoms with Crippen LogP contribution in [0.4, 0.5) is 10.5 Å². The molecule has 29 heavy (non-hydrogen) atoms. The fraction of sp³-hybridized carbons (Fsp3) is 0.273. The lowest BCUT2D eigenvalue weighted by atomic mass is 10.1. The number of benzene rings is 2. The minimum absolute atomic E-state index is 0.0199. The maximum atomic E-state index is 13.1. The van der Waals surface area contributed by atoms with Gasteiger partial charge in [-0.25, -0.2) is 4.79 Å². The van der Waals surface area contributed by atoms with Crippen LogP contribution in [0.1, 0.15) is 13.8 Å². The van der Waals surface area contributed by atoms with Crippen molar-refractivity contribution in [2.45, 2.75) is 26.0 Å². The van der Waals surface area contributed by atoms with Crippen LogP contribution >= 0.6 is 11.6 Å². The van der Waals surface area contributed by atoms with E-state index in [-0.39, 0.29) is 18.2 Å². The van der Waals surface area contributed by atoms with Crippen LogP contribution in [0.5, 0.6) is 11.5 Å². The van der Waals surface area contributed by atoms with Gasteiger partial charge in [0.15, 0.2) is 5.75 Å². The number of ether oxygens (including phenoxy) is 2. The molecule has 1 saturated heterocycles. The van der Waals surface area contributed by atoms with E-state index in [1.165, 1.54) is 0 Å². The second-order valence-corrected chi connectivity index (χ2v) is 7.44. The number of nitrogens with zero attached hydrogens (tertiary/aromatic N) is 2. The second kappa shape index (κ2) is 8.27. The Bertz CT molecular complexity index is 1030. The van der Waals surface area contributed by atoms with Crippen LogP contribution in [0.25, 0.3) is 10.9 Å². The van der Waals surface area contributed by atoms with Crippen molar-refractivity contribution >= 4 is 34.2 Å². The van der Waals surface area contributed by atoms with E-state index in [1.54, 1.807) is 35.4 Å². The first-order valence-electron chi connectivity index (χ1n) is 9.53. The zero-order valence-corrected chi connectivity index (χ0v) is 17.0. The third kappa shape index (κ3) is 4.13. The zero-order chi connectivity index (χ0) is 20.4. The molecule has 0 spiro atoms. The number of carbonyl (C=O) groups excluding carboxylic acids is 1. The Morgan fingerprint density at radius 2 is 2.00 bits per heavy atom. The van der Waals surface area contributed by atoms with Crippen molar-refractivity contribution in [2.24, 2.45) is 0 Å². The van der Waals surface area contributed by atoms with Crippen LogP contribution in [-0.2, 0) is 4.74 Å². The maximum absolute atomic E-state index is 13.1. The summed E-state index contributed by atoms with van der Waals surface area (Å²) in [5, 5.41) is 4.48. The van der Waals surface area contributed by atoms with E-state index in [4.69, 9.17) is 21.1 Å². The molecule has 0 bridgehead atoms. The SMILES string of the molecule is CC1OCCN(C(=O)Nc2c(Oc3ccc(Cl)cc3)ccc3ncccc23)C1C. The molecule has 0 aliphatic carbocycles. The number of urea groups is 1. The number of aromatic nitrogens is 1. The third-order valence-corrected chi connectivity index (χ3v) is 5.42. The number of anilines is 1. The van der Waals surface area contributed by atoms with Crippen LogP contribution in [0.15, 0.2) is 54.7 Å². The summed E-state index contributed by atoms with van der Waals surface area (Å²) < 4.78 is 11.7. The Labute approximate surface area is 174 Å². The van der Waals surface area contributed by atoms with Crippen LogP contribution in [-0.4, -0.2) is 41.2 Å². The summed E-state index contributed by atoms with van der Waals surface area (Å²) in [5.74, 6) is 1.16. The minimum atomic E-state index is -0.190. The second-order valence-electron chi connectivity index (χ2n) is 7.00. The lowest BCUT2D eigenvalue weighted by Crippen LogP contribution is -2.52. The Morgan fingerprint density at radius 3 is 2.79 bits per heavy atom. The molecule has 2 atom stereocenters. The van der Waals surface area contributed by atoms with E-state index >= 15 is 0 Å². The topological polar surface area (TPSA) is 63.7 Å². The van der Waals surface area contributed by atoms with Gasteiger partial charge >= 0.3 is 6.03 Å². The van der Waals surface area contributed by atoms with Gasteiger partial charge in [-0.15, -0.1) is 0 Å². The summed E-state index contributed by atoms with van der Waals surface area (Å²) in [6.45, 7) is 5.01. The molecule has 3 aromatic rings. The summed E-state index contributed by atoms with van der Waals surface area (Å²) in [6.07, 6.45) is 1.70. The van der Waals surface area contributed by atoms with E-state index < -0.39 is 0 Å². The van der Waals surface area contributed by atoms with Gasteiger partial charge in [-0.05, 0) is 62.4 Å². The first-order valence-corrected chi connectivity index (χ1v) is 9.91. The minimum Gasteiger partial charge on any atom is -0.455 e. The Kier molecular flexibility index (Phi) is 5.56. The number of pyridine rings is 1. The number of halogens is 1. The van der Waals surface area contributed by atoms with Crippen molar-refractivity contribution in [1.29, 1.82) is 0 Å². The van der Waals surface area contributed by atoms with Gasteiger partial charge in [-0.2, -0.15) is 0 Å². The molecule has 1 aliphatic rings. The van der Waals surface area contributed by atoms with Crippen molar-refractivity contribution < 1.29 is 14.3 Å². The van der Waals surface area contributed by atoms with Crippen molar-refractivity contribution in [3.05, 3.63) is 59.8 Å². The summed E-state index contributed by atoms with van der Waals surface area (Å²) in [4.78, 5) is 19.3. The monoisotopic (exact) mass is 411 g/mol. The van der Waals surface area contributed by atoms with E-state index in [9.17, 15) is 4.79 Å². The fourth-order valence-electron chi connectivity index (χ4n) is 3.37. The van der Waals surface area contributed by atoms with Crippen LogP contribution in [0.3, 0.4) is 0 Å². The number of morpholine rings is 1. The molecule has 1 aromatic heterocycles. The van der Waals surface area contributed by atoms with Crippen LogP contribution in [0.2, 0.25) is 5.02 Å². The Balaban J connectivity index is 1.69. The van der Waals surface area contributed by atoms with E-state index in [0.29, 0.717) is 35.4 Å². The summed E-state index contributed by atoms with van der Waals surface area (Å²) in [6, 6.07) is 14.3. The van der Waals surface area contributed by atoms with E-state index in [2.05, 4.69) is 10.3 Å². The summed E-state index contributed by atoms with van der Waals surface area (Å²) in [7, 11) is 0. The van der Waals surface area contributed by atoms with Crippen molar-refractivity contribution in [2.75, 3.05) is 18.5 Å². The maximum Gasteiger partial charge on any atom is 0.322 e. The average Bonchev–Trinajstić information content (AvgIpc) is 2.73. The zero-order valence-electron chi connectivity index (χ0n) is 16.3. The molecule has 4 rings (SSSR count). The number of amides is 2. The third-order valence-electron chi connectivity index (χ3n) is 5.16. The highest BCUT2D eigenvalue weighted by molar-refractivity contribution is 6.30. The molecule has 2 amide bonds. The molecule has 7 heteroatoms. The van der Waals surface area contributed by atoms with Crippen LogP contribution < -0.4 is 10.1 Å². The van der Waals surface area contributed by atoms with Crippen molar-refractivity contribution in [3.8, 4) is 11.5 Å². The highest BCUT2D eigenvalue weighted by Gasteiger charge is 2.30. The number of fused-ring (bicyclic) bond motifs is 1. The van der Waals surface area contributed by atoms with Gasteiger partial charge in [0.1, 0.15) is 5.75 Å². The highest BCUT2D eigenvalue weighted by atomic mass is 35.5. The summed E-state index contributed by atoms with van der Waals surface area (Å²) >= 11 is 5.97. The van der Waals surface area contributed by atoms with E-state index in [0.717, 1.165) is 10.9 Å². The quantitative estimate of drug-likeness (QED) is 0.633. The van der Waals surface area contributed by atoms with Crippen LogP contribution in [0, 0.1) is 0 Å². The number of hydrogen-bond acceptors (Lipinski definition) is 4. The fourth-order valence-corrected chi connectivity index (χ4v) is 3.50. The Hall–Kier alpha value is -2.83.